The number of carbonyl (C=O) groups is 1. The van der Waals surface area contributed by atoms with E-state index in [-0.39, 0.29) is 0 Å². The summed E-state index contributed by atoms with van der Waals surface area (Å²) in [4.78, 5) is 16.1. The van der Waals surface area contributed by atoms with E-state index < -0.39 is 0 Å². The first-order valence-corrected chi connectivity index (χ1v) is 7.21. The quantitative estimate of drug-likeness (QED) is 0.747. The van der Waals surface area contributed by atoms with Gasteiger partial charge < -0.3 is 9.80 Å². The van der Waals surface area contributed by atoms with Gasteiger partial charge in [-0.3, -0.25) is 4.79 Å². The first kappa shape index (κ1) is 13.0. The van der Waals surface area contributed by atoms with Crippen molar-refractivity contribution in [3.05, 3.63) is 0 Å². The summed E-state index contributed by atoms with van der Waals surface area (Å²) in [5, 5.41) is 0. The number of nitrogens with zero attached hydrogens (tertiary/aromatic N) is 2. The van der Waals surface area contributed by atoms with Crippen molar-refractivity contribution in [3.63, 3.8) is 0 Å². The van der Waals surface area contributed by atoms with Crippen molar-refractivity contribution < 1.29 is 4.79 Å². The third-order valence-electron chi connectivity index (χ3n) is 4.24. The number of Topliss-reactive ketones (excluding diaryl/α,β-unsaturated/α-hetero) is 1. The van der Waals surface area contributed by atoms with Gasteiger partial charge in [-0.15, -0.1) is 0 Å². The number of likely N-dealkylation sites (tertiary alicyclic amines) is 2. The maximum atomic E-state index is 11.0. The summed E-state index contributed by atoms with van der Waals surface area (Å²) in [7, 11) is 0. The molecule has 0 aliphatic carbocycles. The molecule has 0 N–H and O–H groups in total. The second-order valence-electron chi connectivity index (χ2n) is 5.62. The molecule has 17 heavy (non-hydrogen) atoms. The van der Waals surface area contributed by atoms with E-state index in [1.54, 1.807) is 6.92 Å². The molecular formula is C14H26N2O. The standard InChI is InChI=1S/C14H26N2O/c1-13(17)5-10-15-11-6-14(7-12-15)16-8-3-2-4-9-16/h14H,2-12H2,1H3. The van der Waals surface area contributed by atoms with Crippen LogP contribution >= 0.6 is 0 Å². The van der Waals surface area contributed by atoms with Crippen LogP contribution < -0.4 is 0 Å². The van der Waals surface area contributed by atoms with Gasteiger partial charge in [-0.1, -0.05) is 6.42 Å². The molecule has 0 radical (unpaired) electrons. The van der Waals surface area contributed by atoms with E-state index in [1.807, 2.05) is 0 Å². The summed E-state index contributed by atoms with van der Waals surface area (Å²) < 4.78 is 0. The Bertz CT molecular complexity index is 241. The van der Waals surface area contributed by atoms with Crippen molar-refractivity contribution in [2.75, 3.05) is 32.7 Å². The predicted octanol–water partition coefficient (Wildman–Crippen LogP) is 1.92. The fourth-order valence-electron chi connectivity index (χ4n) is 3.11. The average molecular weight is 238 g/mol. The van der Waals surface area contributed by atoms with Gasteiger partial charge in [-0.25, -0.2) is 0 Å². The molecule has 2 rings (SSSR count). The van der Waals surface area contributed by atoms with Crippen LogP contribution in [0.25, 0.3) is 0 Å². The zero-order valence-corrected chi connectivity index (χ0v) is 11.2. The number of carbonyl (C=O) groups excluding carboxylic acids is 1. The molecule has 0 aromatic carbocycles. The summed E-state index contributed by atoms with van der Waals surface area (Å²) in [6.07, 6.45) is 7.55. The number of ketones is 1. The Morgan fingerprint density at radius 2 is 1.71 bits per heavy atom. The van der Waals surface area contributed by atoms with E-state index in [4.69, 9.17) is 0 Å². The first-order valence-electron chi connectivity index (χ1n) is 7.21. The van der Waals surface area contributed by atoms with Gasteiger partial charge in [-0.05, 0) is 58.8 Å². The molecule has 98 valence electrons. The SMILES string of the molecule is CC(=O)CCN1CCC(N2CCCCC2)CC1. The Morgan fingerprint density at radius 1 is 1.06 bits per heavy atom. The number of piperidine rings is 2. The van der Waals surface area contributed by atoms with E-state index in [1.165, 1.54) is 58.3 Å². The molecule has 0 atom stereocenters. The van der Waals surface area contributed by atoms with Crippen LogP contribution in [0.15, 0.2) is 0 Å². The Kier molecular flexibility index (Phi) is 4.99. The highest BCUT2D eigenvalue weighted by Crippen LogP contribution is 2.20. The van der Waals surface area contributed by atoms with Crippen LogP contribution in [0.2, 0.25) is 0 Å². The van der Waals surface area contributed by atoms with Crippen LogP contribution in [0.4, 0.5) is 0 Å². The van der Waals surface area contributed by atoms with Crippen molar-refractivity contribution in [2.24, 2.45) is 0 Å². The van der Waals surface area contributed by atoms with Gasteiger partial charge in [0.15, 0.2) is 0 Å². The molecule has 2 aliphatic rings. The van der Waals surface area contributed by atoms with Crippen molar-refractivity contribution in [1.82, 2.24) is 9.80 Å². The van der Waals surface area contributed by atoms with Crippen LogP contribution in [0.1, 0.15) is 45.4 Å². The number of hydrogen-bond acceptors (Lipinski definition) is 3. The Balaban J connectivity index is 1.68. The molecule has 2 aliphatic heterocycles. The average Bonchev–Trinajstić information content (AvgIpc) is 2.38. The van der Waals surface area contributed by atoms with Crippen LogP contribution in [-0.4, -0.2) is 54.3 Å². The monoisotopic (exact) mass is 238 g/mol. The second kappa shape index (κ2) is 6.50. The van der Waals surface area contributed by atoms with Gasteiger partial charge in [0.1, 0.15) is 5.78 Å². The first-order chi connectivity index (χ1) is 8.25. The summed E-state index contributed by atoms with van der Waals surface area (Å²) in [5.41, 5.74) is 0. The van der Waals surface area contributed by atoms with Crippen LogP contribution in [-0.2, 0) is 4.79 Å². The smallest absolute Gasteiger partial charge is 0.131 e. The molecule has 0 amide bonds. The molecule has 2 fully saturated rings. The zero-order valence-electron chi connectivity index (χ0n) is 11.2. The summed E-state index contributed by atoms with van der Waals surface area (Å²) >= 11 is 0. The van der Waals surface area contributed by atoms with Crippen molar-refractivity contribution in [2.45, 2.75) is 51.5 Å². The number of rotatable bonds is 4. The maximum absolute atomic E-state index is 11.0. The third-order valence-corrected chi connectivity index (χ3v) is 4.24. The van der Waals surface area contributed by atoms with Gasteiger partial charge >= 0.3 is 0 Å². The van der Waals surface area contributed by atoms with Crippen molar-refractivity contribution in [3.8, 4) is 0 Å². The molecule has 0 bridgehead atoms. The highest BCUT2D eigenvalue weighted by Gasteiger charge is 2.25. The lowest BCUT2D eigenvalue weighted by Crippen LogP contribution is -2.46. The third kappa shape index (κ3) is 4.07. The van der Waals surface area contributed by atoms with E-state index in [2.05, 4.69) is 9.80 Å². The number of hydrogen-bond donors (Lipinski definition) is 0. The highest BCUT2D eigenvalue weighted by molar-refractivity contribution is 5.75. The second-order valence-corrected chi connectivity index (χ2v) is 5.62. The van der Waals surface area contributed by atoms with Crippen LogP contribution in [0.5, 0.6) is 0 Å². The molecule has 3 nitrogen and oxygen atoms in total. The van der Waals surface area contributed by atoms with E-state index in [0.717, 1.165) is 19.0 Å². The Hall–Kier alpha value is -0.410. The van der Waals surface area contributed by atoms with E-state index in [0.29, 0.717) is 5.78 Å². The molecular weight excluding hydrogens is 212 g/mol. The largest absolute Gasteiger partial charge is 0.303 e. The van der Waals surface area contributed by atoms with Crippen LogP contribution in [0.3, 0.4) is 0 Å². The Morgan fingerprint density at radius 3 is 2.29 bits per heavy atom. The minimum absolute atomic E-state index is 0.322. The van der Waals surface area contributed by atoms with Gasteiger partial charge in [0.25, 0.3) is 0 Å². The maximum Gasteiger partial charge on any atom is 0.131 e. The molecule has 0 aromatic rings. The molecule has 0 saturated carbocycles. The lowest BCUT2D eigenvalue weighted by molar-refractivity contribution is -0.117. The summed E-state index contributed by atoms with van der Waals surface area (Å²) in [5.74, 6) is 0.322. The van der Waals surface area contributed by atoms with Gasteiger partial charge in [0.2, 0.25) is 0 Å². The lowest BCUT2D eigenvalue weighted by atomic mass is 10.00. The molecule has 0 aromatic heterocycles. The molecule has 2 saturated heterocycles. The van der Waals surface area contributed by atoms with Crippen molar-refractivity contribution >= 4 is 5.78 Å². The normalized spacial score (nSPS) is 25.0. The van der Waals surface area contributed by atoms with Gasteiger partial charge in [0.05, 0.1) is 0 Å². The molecule has 2 heterocycles. The van der Waals surface area contributed by atoms with Crippen LogP contribution in [0, 0.1) is 0 Å². The van der Waals surface area contributed by atoms with Gasteiger partial charge in [0, 0.05) is 19.0 Å². The van der Waals surface area contributed by atoms with Gasteiger partial charge in [-0.2, -0.15) is 0 Å². The molecule has 3 heteroatoms. The fourth-order valence-corrected chi connectivity index (χ4v) is 3.11. The van der Waals surface area contributed by atoms with E-state index in [9.17, 15) is 4.79 Å². The van der Waals surface area contributed by atoms with E-state index >= 15 is 0 Å². The molecule has 0 unspecified atom stereocenters. The highest BCUT2D eigenvalue weighted by atomic mass is 16.1. The molecule has 0 spiro atoms. The Labute approximate surface area is 105 Å². The lowest BCUT2D eigenvalue weighted by Gasteiger charge is -2.40. The summed E-state index contributed by atoms with van der Waals surface area (Å²) in [6, 6.07) is 0.823. The fraction of sp³-hybridized carbons (Fsp3) is 0.929. The van der Waals surface area contributed by atoms with Crippen molar-refractivity contribution in [1.29, 1.82) is 0 Å². The predicted molar refractivity (Wildman–Crippen MR) is 70.2 cm³/mol. The topological polar surface area (TPSA) is 23.6 Å². The minimum atomic E-state index is 0.322. The summed E-state index contributed by atoms with van der Waals surface area (Å²) in [6.45, 7) is 7.68. The zero-order chi connectivity index (χ0) is 12.1. The minimum Gasteiger partial charge on any atom is -0.303 e.